The van der Waals surface area contributed by atoms with Gasteiger partial charge in [0.05, 0.1) is 12.7 Å². The van der Waals surface area contributed by atoms with Crippen molar-refractivity contribution >= 4 is 23.4 Å². The zero-order valence-electron chi connectivity index (χ0n) is 13.7. The molecule has 0 spiro atoms. The lowest BCUT2D eigenvalue weighted by Crippen LogP contribution is -2.44. The quantitative estimate of drug-likeness (QED) is 0.817. The summed E-state index contributed by atoms with van der Waals surface area (Å²) >= 11 is 1.81. The highest BCUT2D eigenvalue weighted by atomic mass is 32.2. The molecule has 1 aromatic carbocycles. The van der Waals surface area contributed by atoms with E-state index in [0.29, 0.717) is 12.0 Å². The van der Waals surface area contributed by atoms with E-state index < -0.39 is 0 Å². The van der Waals surface area contributed by atoms with Gasteiger partial charge in [-0.2, -0.15) is 0 Å². The molecule has 0 radical (unpaired) electrons. The van der Waals surface area contributed by atoms with Crippen LogP contribution in [-0.2, 0) is 9.53 Å². The molecule has 1 saturated heterocycles. The third-order valence-corrected chi connectivity index (χ3v) is 4.60. The Morgan fingerprint density at radius 1 is 1.41 bits per heavy atom. The van der Waals surface area contributed by atoms with Gasteiger partial charge in [0, 0.05) is 42.9 Å². The largest absolute Gasteiger partial charge is 0.375 e. The summed E-state index contributed by atoms with van der Waals surface area (Å²) in [5.41, 5.74) is 0.842. The Kier molecular flexibility index (Phi) is 6.73. The summed E-state index contributed by atoms with van der Waals surface area (Å²) in [5, 5.41) is 2.78. The maximum Gasteiger partial charge on any atom is 0.221 e. The van der Waals surface area contributed by atoms with Crippen LogP contribution in [0.2, 0.25) is 0 Å². The summed E-state index contributed by atoms with van der Waals surface area (Å²) in [6, 6.07) is 7.97. The van der Waals surface area contributed by atoms with E-state index in [-0.39, 0.29) is 5.91 Å². The van der Waals surface area contributed by atoms with Crippen molar-refractivity contribution in [3.05, 3.63) is 24.3 Å². The fraction of sp³-hybridized carbons (Fsp3) is 0.588. The van der Waals surface area contributed by atoms with Gasteiger partial charge in [0.15, 0.2) is 0 Å². The van der Waals surface area contributed by atoms with Crippen LogP contribution in [0.15, 0.2) is 29.2 Å². The van der Waals surface area contributed by atoms with Gasteiger partial charge in [-0.3, -0.25) is 9.69 Å². The van der Waals surface area contributed by atoms with Crippen molar-refractivity contribution in [1.29, 1.82) is 0 Å². The molecule has 1 fully saturated rings. The highest BCUT2D eigenvalue weighted by Crippen LogP contribution is 2.23. The molecule has 2 rings (SSSR count). The van der Waals surface area contributed by atoms with Crippen molar-refractivity contribution < 1.29 is 9.53 Å². The van der Waals surface area contributed by atoms with Gasteiger partial charge in [-0.05, 0) is 30.2 Å². The van der Waals surface area contributed by atoms with Crippen molar-refractivity contribution in [3.8, 4) is 0 Å². The number of nitrogens with zero attached hydrogens (tertiary/aromatic N) is 1. The summed E-state index contributed by atoms with van der Waals surface area (Å²) in [4.78, 5) is 14.7. The fourth-order valence-electron chi connectivity index (χ4n) is 2.59. The van der Waals surface area contributed by atoms with Crippen molar-refractivity contribution in [2.75, 3.05) is 37.3 Å². The molecular weight excluding hydrogens is 296 g/mol. The lowest BCUT2D eigenvalue weighted by molar-refractivity contribution is -0.114. The molecule has 0 aliphatic carbocycles. The molecule has 22 heavy (non-hydrogen) atoms. The summed E-state index contributed by atoms with van der Waals surface area (Å²) in [7, 11) is 0. The van der Waals surface area contributed by atoms with Gasteiger partial charge in [-0.1, -0.05) is 13.8 Å². The van der Waals surface area contributed by atoms with Crippen LogP contribution >= 0.6 is 11.8 Å². The number of hydrogen-bond donors (Lipinski definition) is 1. The maximum atomic E-state index is 11.0. The van der Waals surface area contributed by atoms with Gasteiger partial charge in [0.2, 0.25) is 5.91 Å². The van der Waals surface area contributed by atoms with Gasteiger partial charge in [-0.15, -0.1) is 11.8 Å². The molecule has 4 nitrogen and oxygen atoms in total. The first-order valence-corrected chi connectivity index (χ1v) is 8.86. The van der Waals surface area contributed by atoms with Crippen LogP contribution in [-0.4, -0.2) is 48.9 Å². The molecule has 1 heterocycles. The van der Waals surface area contributed by atoms with Crippen molar-refractivity contribution in [3.63, 3.8) is 0 Å². The van der Waals surface area contributed by atoms with Crippen molar-refractivity contribution in [2.45, 2.75) is 31.8 Å². The number of thioether (sulfide) groups is 1. The molecule has 1 amide bonds. The van der Waals surface area contributed by atoms with Crippen LogP contribution in [0.5, 0.6) is 0 Å². The minimum Gasteiger partial charge on any atom is -0.375 e. The number of benzene rings is 1. The van der Waals surface area contributed by atoms with Gasteiger partial charge in [-0.25, -0.2) is 0 Å². The molecule has 0 aromatic heterocycles. The van der Waals surface area contributed by atoms with E-state index >= 15 is 0 Å². The van der Waals surface area contributed by atoms with Gasteiger partial charge in [0.1, 0.15) is 0 Å². The molecule has 1 aliphatic heterocycles. The van der Waals surface area contributed by atoms with E-state index in [0.717, 1.165) is 37.7 Å². The van der Waals surface area contributed by atoms with E-state index in [2.05, 4.69) is 24.1 Å². The third-order valence-electron chi connectivity index (χ3n) is 3.46. The molecule has 5 heteroatoms. The number of rotatable bonds is 6. The first-order valence-electron chi connectivity index (χ1n) is 7.87. The number of carbonyl (C=O) groups excluding carboxylic acids is 1. The van der Waals surface area contributed by atoms with Gasteiger partial charge >= 0.3 is 0 Å². The fourth-order valence-corrected chi connectivity index (χ4v) is 3.50. The first kappa shape index (κ1) is 17.3. The van der Waals surface area contributed by atoms with Crippen LogP contribution in [0.4, 0.5) is 5.69 Å². The first-order chi connectivity index (χ1) is 10.5. The average molecular weight is 322 g/mol. The molecule has 1 aromatic rings. The Morgan fingerprint density at radius 2 is 2.14 bits per heavy atom. The molecule has 1 N–H and O–H groups in total. The predicted molar refractivity (Wildman–Crippen MR) is 92.5 cm³/mol. The number of carbonyl (C=O) groups is 1. The normalized spacial score (nSPS) is 19.4. The van der Waals surface area contributed by atoms with Crippen molar-refractivity contribution in [2.24, 2.45) is 5.92 Å². The standard InChI is InChI=1S/C17H26N2O2S/c1-13(2)10-19-8-9-21-16(11-19)12-22-17-6-4-15(5-7-17)18-14(3)20/h4-7,13,16H,8-12H2,1-3H3,(H,18,20)/t16-/m0/s1. The number of hydrogen-bond acceptors (Lipinski definition) is 4. The Balaban J connectivity index is 1.78. The van der Waals surface area contributed by atoms with Gasteiger partial charge < -0.3 is 10.1 Å². The maximum absolute atomic E-state index is 11.0. The van der Waals surface area contributed by atoms with Crippen LogP contribution in [0.3, 0.4) is 0 Å². The van der Waals surface area contributed by atoms with Crippen LogP contribution in [0, 0.1) is 5.92 Å². The highest BCUT2D eigenvalue weighted by molar-refractivity contribution is 7.99. The van der Waals surface area contributed by atoms with E-state index in [1.54, 1.807) is 0 Å². The van der Waals surface area contributed by atoms with Gasteiger partial charge in [0.25, 0.3) is 0 Å². The third kappa shape index (κ3) is 5.99. The lowest BCUT2D eigenvalue weighted by Gasteiger charge is -2.33. The second-order valence-electron chi connectivity index (χ2n) is 6.16. The topological polar surface area (TPSA) is 41.6 Å². The molecule has 0 saturated carbocycles. The molecule has 0 unspecified atom stereocenters. The SMILES string of the molecule is CC(=O)Nc1ccc(SC[C@@H]2CN(CC(C)C)CCO2)cc1. The van der Waals surface area contributed by atoms with E-state index in [1.165, 1.54) is 11.8 Å². The minimum absolute atomic E-state index is 0.0405. The van der Waals surface area contributed by atoms with E-state index in [4.69, 9.17) is 4.74 Å². The van der Waals surface area contributed by atoms with Crippen molar-refractivity contribution in [1.82, 2.24) is 4.90 Å². The molecule has 122 valence electrons. The minimum atomic E-state index is -0.0405. The van der Waals surface area contributed by atoms with E-state index in [9.17, 15) is 4.79 Å². The summed E-state index contributed by atoms with van der Waals surface area (Å²) < 4.78 is 5.87. The summed E-state index contributed by atoms with van der Waals surface area (Å²) in [6.45, 7) is 10.1. The number of anilines is 1. The Bertz CT molecular complexity index is 476. The number of nitrogens with one attached hydrogen (secondary N) is 1. The average Bonchev–Trinajstić information content (AvgIpc) is 2.46. The Morgan fingerprint density at radius 3 is 2.77 bits per heavy atom. The molecular formula is C17H26N2O2S. The lowest BCUT2D eigenvalue weighted by atomic mass is 10.2. The highest BCUT2D eigenvalue weighted by Gasteiger charge is 2.20. The van der Waals surface area contributed by atoms with Crippen LogP contribution in [0.1, 0.15) is 20.8 Å². The van der Waals surface area contributed by atoms with Crippen LogP contribution < -0.4 is 5.32 Å². The number of morpholine rings is 1. The summed E-state index contributed by atoms with van der Waals surface area (Å²) in [6.07, 6.45) is 0.299. The Labute approximate surface area is 137 Å². The predicted octanol–water partition coefficient (Wildman–Crippen LogP) is 3.09. The monoisotopic (exact) mass is 322 g/mol. The number of amides is 1. The summed E-state index contributed by atoms with van der Waals surface area (Å²) in [5.74, 6) is 1.63. The molecule has 1 atom stereocenters. The Hall–Kier alpha value is -1.04. The second-order valence-corrected chi connectivity index (χ2v) is 7.26. The molecule has 0 bridgehead atoms. The smallest absolute Gasteiger partial charge is 0.221 e. The molecule has 1 aliphatic rings. The van der Waals surface area contributed by atoms with Crippen LogP contribution in [0.25, 0.3) is 0 Å². The zero-order chi connectivity index (χ0) is 15.9. The zero-order valence-corrected chi connectivity index (χ0v) is 14.5. The number of ether oxygens (including phenoxy) is 1. The van der Waals surface area contributed by atoms with E-state index in [1.807, 2.05) is 36.0 Å². The second kappa shape index (κ2) is 8.56.